The molecule has 0 saturated heterocycles. The van der Waals surface area contributed by atoms with E-state index >= 15 is 0 Å². The molecule has 0 aliphatic heterocycles. The van der Waals surface area contributed by atoms with Crippen molar-refractivity contribution in [3.63, 3.8) is 0 Å². The van der Waals surface area contributed by atoms with Gasteiger partial charge in [-0.15, -0.1) is 0 Å². The molecule has 1 aliphatic rings. The van der Waals surface area contributed by atoms with Crippen molar-refractivity contribution in [3.8, 4) is 0 Å². The lowest BCUT2D eigenvalue weighted by Crippen LogP contribution is -2.48. The number of hydrogen-bond donors (Lipinski definition) is 2. The summed E-state index contributed by atoms with van der Waals surface area (Å²) in [7, 11) is 0. The molecule has 0 aromatic rings. The van der Waals surface area contributed by atoms with Crippen LogP contribution >= 0.6 is 0 Å². The van der Waals surface area contributed by atoms with Crippen LogP contribution in [0.25, 0.3) is 0 Å². The fourth-order valence-corrected chi connectivity index (χ4v) is 1.60. The van der Waals surface area contributed by atoms with Gasteiger partial charge < -0.3 is 11.5 Å². The van der Waals surface area contributed by atoms with Crippen molar-refractivity contribution in [2.75, 3.05) is 6.54 Å². The molecule has 0 bridgehead atoms. The molecule has 0 amide bonds. The van der Waals surface area contributed by atoms with Crippen LogP contribution in [0.15, 0.2) is 0 Å². The molecular weight excluding hydrogens is 124 g/mol. The standard InChI is InChI=1S/C8H18N2/c1-2-5-8(10,6-9)7-3-4-7/h7H,2-6,9-10H2,1H3. The first kappa shape index (κ1) is 8.02. The lowest BCUT2D eigenvalue weighted by atomic mass is 9.90. The highest BCUT2D eigenvalue weighted by Crippen LogP contribution is 2.39. The molecule has 1 rings (SSSR count). The Hall–Kier alpha value is -0.0800. The maximum Gasteiger partial charge on any atom is 0.0307 e. The van der Waals surface area contributed by atoms with Crippen LogP contribution in [0.3, 0.4) is 0 Å². The van der Waals surface area contributed by atoms with Gasteiger partial charge in [-0.1, -0.05) is 13.3 Å². The zero-order valence-corrected chi connectivity index (χ0v) is 6.77. The summed E-state index contributed by atoms with van der Waals surface area (Å²) in [5, 5.41) is 0. The van der Waals surface area contributed by atoms with E-state index in [1.807, 2.05) is 0 Å². The lowest BCUT2D eigenvalue weighted by Gasteiger charge is -2.27. The van der Waals surface area contributed by atoms with Gasteiger partial charge in [0.15, 0.2) is 0 Å². The van der Waals surface area contributed by atoms with Crippen molar-refractivity contribution in [3.05, 3.63) is 0 Å². The largest absolute Gasteiger partial charge is 0.329 e. The molecule has 1 fully saturated rings. The van der Waals surface area contributed by atoms with Crippen molar-refractivity contribution >= 4 is 0 Å². The number of rotatable bonds is 4. The zero-order chi connectivity index (χ0) is 7.61. The van der Waals surface area contributed by atoms with Crippen LogP contribution in [0.1, 0.15) is 32.6 Å². The first-order chi connectivity index (χ1) is 4.73. The van der Waals surface area contributed by atoms with E-state index in [4.69, 9.17) is 11.5 Å². The highest BCUT2D eigenvalue weighted by molar-refractivity contribution is 4.98. The summed E-state index contributed by atoms with van der Waals surface area (Å²) < 4.78 is 0. The third kappa shape index (κ3) is 1.50. The van der Waals surface area contributed by atoms with Gasteiger partial charge in [0.1, 0.15) is 0 Å². The Bertz CT molecular complexity index is 110. The van der Waals surface area contributed by atoms with Crippen molar-refractivity contribution in [1.82, 2.24) is 0 Å². The van der Waals surface area contributed by atoms with Crippen molar-refractivity contribution in [1.29, 1.82) is 0 Å². The molecule has 1 unspecified atom stereocenters. The van der Waals surface area contributed by atoms with E-state index < -0.39 is 0 Å². The van der Waals surface area contributed by atoms with Gasteiger partial charge in [-0.2, -0.15) is 0 Å². The topological polar surface area (TPSA) is 52.0 Å². The Kier molecular flexibility index (Phi) is 2.32. The molecule has 0 spiro atoms. The van der Waals surface area contributed by atoms with Crippen molar-refractivity contribution < 1.29 is 0 Å². The summed E-state index contributed by atoms with van der Waals surface area (Å²) >= 11 is 0. The predicted octanol–water partition coefficient (Wildman–Crippen LogP) is 0.853. The highest BCUT2D eigenvalue weighted by atomic mass is 14.8. The van der Waals surface area contributed by atoms with Gasteiger partial charge >= 0.3 is 0 Å². The lowest BCUT2D eigenvalue weighted by molar-refractivity contribution is 0.350. The minimum Gasteiger partial charge on any atom is -0.329 e. The van der Waals surface area contributed by atoms with E-state index in [0.717, 1.165) is 18.8 Å². The number of nitrogens with two attached hydrogens (primary N) is 2. The molecule has 10 heavy (non-hydrogen) atoms. The first-order valence-electron chi connectivity index (χ1n) is 4.22. The Morgan fingerprint density at radius 2 is 2.10 bits per heavy atom. The zero-order valence-electron chi connectivity index (χ0n) is 6.77. The van der Waals surface area contributed by atoms with E-state index in [1.54, 1.807) is 0 Å². The Morgan fingerprint density at radius 3 is 2.40 bits per heavy atom. The van der Waals surface area contributed by atoms with E-state index in [9.17, 15) is 0 Å². The van der Waals surface area contributed by atoms with Gasteiger partial charge in [0.2, 0.25) is 0 Å². The second-order valence-electron chi connectivity index (χ2n) is 3.46. The molecule has 0 heterocycles. The van der Waals surface area contributed by atoms with E-state index in [-0.39, 0.29) is 5.54 Å². The maximum absolute atomic E-state index is 6.09. The van der Waals surface area contributed by atoms with Crippen molar-refractivity contribution in [2.24, 2.45) is 17.4 Å². The molecular formula is C8H18N2. The fourth-order valence-electron chi connectivity index (χ4n) is 1.60. The van der Waals surface area contributed by atoms with Gasteiger partial charge in [0.05, 0.1) is 0 Å². The third-order valence-electron chi connectivity index (χ3n) is 2.49. The third-order valence-corrected chi connectivity index (χ3v) is 2.49. The van der Waals surface area contributed by atoms with Crippen LogP contribution in [0.2, 0.25) is 0 Å². The quantitative estimate of drug-likeness (QED) is 0.611. The molecule has 4 N–H and O–H groups in total. The summed E-state index contributed by atoms with van der Waals surface area (Å²) in [4.78, 5) is 0. The Labute approximate surface area is 63.0 Å². The van der Waals surface area contributed by atoms with Gasteiger partial charge in [0.25, 0.3) is 0 Å². The van der Waals surface area contributed by atoms with E-state index in [0.29, 0.717) is 6.54 Å². The second kappa shape index (κ2) is 2.89. The summed E-state index contributed by atoms with van der Waals surface area (Å²) in [6.45, 7) is 2.82. The normalized spacial score (nSPS) is 24.3. The molecule has 0 aromatic heterocycles. The summed E-state index contributed by atoms with van der Waals surface area (Å²) in [6, 6.07) is 0. The van der Waals surface area contributed by atoms with Crippen molar-refractivity contribution in [2.45, 2.75) is 38.1 Å². The molecule has 0 aromatic carbocycles. The number of hydrogen-bond acceptors (Lipinski definition) is 2. The minimum atomic E-state index is -0.0191. The average molecular weight is 142 g/mol. The van der Waals surface area contributed by atoms with Gasteiger partial charge in [-0.05, 0) is 25.2 Å². The predicted molar refractivity (Wildman–Crippen MR) is 43.6 cm³/mol. The van der Waals surface area contributed by atoms with Crippen LogP contribution in [0.4, 0.5) is 0 Å². The summed E-state index contributed by atoms with van der Waals surface area (Å²) in [5.41, 5.74) is 11.7. The van der Waals surface area contributed by atoms with Gasteiger partial charge in [-0.25, -0.2) is 0 Å². The van der Waals surface area contributed by atoms with E-state index in [1.165, 1.54) is 12.8 Å². The summed E-state index contributed by atoms with van der Waals surface area (Å²) in [5.74, 6) is 0.734. The second-order valence-corrected chi connectivity index (χ2v) is 3.46. The molecule has 1 atom stereocenters. The van der Waals surface area contributed by atoms with Crippen LogP contribution in [0, 0.1) is 5.92 Å². The monoisotopic (exact) mass is 142 g/mol. The molecule has 1 saturated carbocycles. The van der Waals surface area contributed by atoms with Gasteiger partial charge in [0, 0.05) is 12.1 Å². The minimum absolute atomic E-state index is 0.0191. The fraction of sp³-hybridized carbons (Fsp3) is 1.00. The van der Waals surface area contributed by atoms with Crippen LogP contribution < -0.4 is 11.5 Å². The van der Waals surface area contributed by atoms with Crippen LogP contribution in [0.5, 0.6) is 0 Å². The molecule has 60 valence electrons. The first-order valence-corrected chi connectivity index (χ1v) is 4.22. The SMILES string of the molecule is CCCC(N)(CN)C1CC1. The van der Waals surface area contributed by atoms with Crippen LogP contribution in [-0.4, -0.2) is 12.1 Å². The molecule has 0 radical (unpaired) electrons. The Morgan fingerprint density at radius 1 is 1.50 bits per heavy atom. The Balaban J connectivity index is 2.39. The smallest absolute Gasteiger partial charge is 0.0307 e. The molecule has 1 aliphatic carbocycles. The van der Waals surface area contributed by atoms with Crippen LogP contribution in [-0.2, 0) is 0 Å². The highest BCUT2D eigenvalue weighted by Gasteiger charge is 2.39. The molecule has 2 heteroatoms. The maximum atomic E-state index is 6.09. The van der Waals surface area contributed by atoms with E-state index in [2.05, 4.69) is 6.92 Å². The van der Waals surface area contributed by atoms with Gasteiger partial charge in [-0.3, -0.25) is 0 Å². The molecule has 2 nitrogen and oxygen atoms in total. The summed E-state index contributed by atoms with van der Waals surface area (Å²) in [6.07, 6.45) is 4.85. The average Bonchev–Trinajstić information content (AvgIpc) is 2.69.